The lowest BCUT2D eigenvalue weighted by atomic mass is 10.1. The number of rotatable bonds is 4. The second-order valence-electron chi connectivity index (χ2n) is 4.72. The number of hydrogen-bond acceptors (Lipinski definition) is 6. The van der Waals surface area contributed by atoms with E-state index in [-0.39, 0.29) is 11.5 Å². The lowest BCUT2D eigenvalue weighted by molar-refractivity contribution is -0.159. The van der Waals surface area contributed by atoms with Crippen molar-refractivity contribution in [1.82, 2.24) is 10.1 Å². The second-order valence-corrected chi connectivity index (χ2v) is 4.72. The molecule has 3 aromatic rings. The molecule has 0 radical (unpaired) electrons. The molecule has 2 aromatic carbocycles. The SMILES string of the molecule is O=c1cc(NCc2ccc(-c3noc(C(F)(F)F)n3)cc2)c1=O. The number of anilines is 1. The van der Waals surface area contributed by atoms with Crippen LogP contribution < -0.4 is 16.2 Å². The summed E-state index contributed by atoms with van der Waals surface area (Å²) in [5, 5.41) is 6.08. The van der Waals surface area contributed by atoms with Crippen molar-refractivity contribution >= 4 is 5.69 Å². The molecule has 1 N–H and O–H groups in total. The fourth-order valence-corrected chi connectivity index (χ4v) is 1.87. The Morgan fingerprint density at radius 1 is 1.13 bits per heavy atom. The third kappa shape index (κ3) is 2.98. The Bertz CT molecular complexity index is 906. The quantitative estimate of drug-likeness (QED) is 0.739. The molecule has 23 heavy (non-hydrogen) atoms. The molecule has 0 spiro atoms. The van der Waals surface area contributed by atoms with Crippen LogP contribution in [0.1, 0.15) is 11.5 Å². The lowest BCUT2D eigenvalue weighted by Gasteiger charge is -2.06. The van der Waals surface area contributed by atoms with Gasteiger partial charge in [0.25, 0.3) is 0 Å². The van der Waals surface area contributed by atoms with Crippen molar-refractivity contribution in [3.8, 4) is 11.4 Å². The Hall–Kier alpha value is -2.97. The molecule has 0 fully saturated rings. The molecule has 0 saturated heterocycles. The van der Waals surface area contributed by atoms with Gasteiger partial charge in [0.2, 0.25) is 16.7 Å². The number of aromatic nitrogens is 2. The molecule has 1 heterocycles. The van der Waals surface area contributed by atoms with Crippen molar-refractivity contribution in [3.05, 3.63) is 62.2 Å². The van der Waals surface area contributed by atoms with Gasteiger partial charge in [0.05, 0.1) is 5.69 Å². The first-order chi connectivity index (χ1) is 10.8. The maximum atomic E-state index is 12.4. The maximum absolute atomic E-state index is 12.4. The number of hydrogen-bond donors (Lipinski definition) is 1. The van der Waals surface area contributed by atoms with Crippen LogP contribution in [0.2, 0.25) is 0 Å². The summed E-state index contributed by atoms with van der Waals surface area (Å²) < 4.78 is 41.3. The highest BCUT2D eigenvalue weighted by Crippen LogP contribution is 2.29. The molecule has 0 saturated carbocycles. The van der Waals surface area contributed by atoms with Gasteiger partial charge in [0, 0.05) is 18.2 Å². The van der Waals surface area contributed by atoms with E-state index in [9.17, 15) is 22.8 Å². The molecule has 1 aromatic heterocycles. The van der Waals surface area contributed by atoms with E-state index >= 15 is 0 Å². The Balaban J connectivity index is 1.70. The first-order valence-electron chi connectivity index (χ1n) is 6.39. The predicted molar refractivity (Wildman–Crippen MR) is 73.4 cm³/mol. The fraction of sp³-hybridized carbons (Fsp3) is 0.143. The van der Waals surface area contributed by atoms with Crippen molar-refractivity contribution in [2.75, 3.05) is 5.32 Å². The monoisotopic (exact) mass is 323 g/mol. The van der Waals surface area contributed by atoms with Crippen LogP contribution in [-0.2, 0) is 12.7 Å². The van der Waals surface area contributed by atoms with Gasteiger partial charge in [0.1, 0.15) is 0 Å². The average molecular weight is 323 g/mol. The molecule has 9 heteroatoms. The van der Waals surface area contributed by atoms with E-state index in [4.69, 9.17) is 0 Å². The second kappa shape index (κ2) is 5.34. The van der Waals surface area contributed by atoms with Crippen LogP contribution in [0.4, 0.5) is 18.9 Å². The van der Waals surface area contributed by atoms with Crippen LogP contribution in [0.3, 0.4) is 0 Å². The lowest BCUT2D eigenvalue weighted by Crippen LogP contribution is -2.32. The van der Waals surface area contributed by atoms with E-state index in [1.807, 2.05) is 0 Å². The highest BCUT2D eigenvalue weighted by molar-refractivity contribution is 5.55. The van der Waals surface area contributed by atoms with Gasteiger partial charge >= 0.3 is 12.1 Å². The fourth-order valence-electron chi connectivity index (χ4n) is 1.87. The van der Waals surface area contributed by atoms with Crippen LogP contribution in [0.15, 0.2) is 44.4 Å². The van der Waals surface area contributed by atoms with Crippen molar-refractivity contribution in [1.29, 1.82) is 0 Å². The highest BCUT2D eigenvalue weighted by Gasteiger charge is 2.38. The Labute approximate surface area is 126 Å². The molecule has 3 rings (SSSR count). The van der Waals surface area contributed by atoms with Gasteiger partial charge in [-0.15, -0.1) is 0 Å². The summed E-state index contributed by atoms with van der Waals surface area (Å²) in [6.45, 7) is 0.297. The van der Waals surface area contributed by atoms with Gasteiger partial charge in [-0.05, 0) is 5.56 Å². The summed E-state index contributed by atoms with van der Waals surface area (Å²) >= 11 is 0. The van der Waals surface area contributed by atoms with Crippen LogP contribution in [-0.4, -0.2) is 10.1 Å². The molecule has 6 nitrogen and oxygen atoms in total. The molecule has 0 unspecified atom stereocenters. The van der Waals surface area contributed by atoms with Crippen LogP contribution in [0.25, 0.3) is 11.4 Å². The summed E-state index contributed by atoms with van der Waals surface area (Å²) in [4.78, 5) is 25.2. The summed E-state index contributed by atoms with van der Waals surface area (Å²) in [5.74, 6) is -1.57. The molecular formula is C14H8F3N3O3. The van der Waals surface area contributed by atoms with Crippen molar-refractivity contribution < 1.29 is 17.7 Å². The molecule has 0 aliphatic heterocycles. The minimum absolute atomic E-state index is 0.167. The van der Waals surface area contributed by atoms with E-state index in [1.165, 1.54) is 18.2 Å². The minimum atomic E-state index is -4.68. The number of halogens is 3. The summed E-state index contributed by atoms with van der Waals surface area (Å²) in [6, 6.07) is 7.54. The van der Waals surface area contributed by atoms with Gasteiger partial charge < -0.3 is 9.84 Å². The van der Waals surface area contributed by atoms with Gasteiger partial charge in [-0.1, -0.05) is 29.4 Å². The van der Waals surface area contributed by atoms with Crippen LogP contribution >= 0.6 is 0 Å². The Morgan fingerprint density at radius 2 is 1.83 bits per heavy atom. The highest BCUT2D eigenvalue weighted by atomic mass is 19.4. The van der Waals surface area contributed by atoms with Crippen molar-refractivity contribution in [2.45, 2.75) is 12.7 Å². The number of nitrogens with one attached hydrogen (secondary N) is 1. The minimum Gasteiger partial charge on any atom is -0.378 e. The van der Waals surface area contributed by atoms with Crippen LogP contribution in [0, 0.1) is 0 Å². The first-order valence-corrected chi connectivity index (χ1v) is 6.39. The van der Waals surface area contributed by atoms with Crippen molar-refractivity contribution in [2.24, 2.45) is 0 Å². The molecule has 0 bridgehead atoms. The molecule has 0 aliphatic carbocycles. The summed E-state index contributed by atoms with van der Waals surface area (Å²) in [6.07, 6.45) is -4.68. The van der Waals surface area contributed by atoms with Crippen LogP contribution in [0.5, 0.6) is 0 Å². The zero-order valence-corrected chi connectivity index (χ0v) is 11.3. The Morgan fingerprint density at radius 3 is 2.35 bits per heavy atom. The Kier molecular flexibility index (Phi) is 3.47. The number of benzene rings is 1. The molecule has 0 atom stereocenters. The molecular weight excluding hydrogens is 315 g/mol. The molecule has 118 valence electrons. The maximum Gasteiger partial charge on any atom is 0.471 e. The van der Waals surface area contributed by atoms with E-state index in [0.717, 1.165) is 5.56 Å². The van der Waals surface area contributed by atoms with Gasteiger partial charge in [-0.3, -0.25) is 9.59 Å². The zero-order chi connectivity index (χ0) is 16.6. The number of nitrogens with zero attached hydrogens (tertiary/aromatic N) is 2. The molecule has 0 aliphatic rings. The standard InChI is InChI=1S/C14H8F3N3O3/c15-14(16,17)13-19-12(20-23-13)8-3-1-7(2-4-8)6-18-9-5-10(21)11(9)22/h1-5,18H,6H2. The molecule has 0 amide bonds. The summed E-state index contributed by atoms with van der Waals surface area (Å²) in [5.41, 5.74) is 0.268. The van der Waals surface area contributed by atoms with Gasteiger partial charge in [-0.2, -0.15) is 18.2 Å². The largest absolute Gasteiger partial charge is 0.471 e. The smallest absolute Gasteiger partial charge is 0.378 e. The predicted octanol–water partition coefficient (Wildman–Crippen LogP) is 1.96. The van der Waals surface area contributed by atoms with E-state index < -0.39 is 22.9 Å². The average Bonchev–Trinajstić information content (AvgIpc) is 3.01. The van der Waals surface area contributed by atoms with E-state index in [1.54, 1.807) is 12.1 Å². The topological polar surface area (TPSA) is 85.1 Å². The van der Waals surface area contributed by atoms with E-state index in [2.05, 4.69) is 20.0 Å². The van der Waals surface area contributed by atoms with Gasteiger partial charge in [0.15, 0.2) is 0 Å². The van der Waals surface area contributed by atoms with Crippen molar-refractivity contribution in [3.63, 3.8) is 0 Å². The summed E-state index contributed by atoms with van der Waals surface area (Å²) in [7, 11) is 0. The van der Waals surface area contributed by atoms with Gasteiger partial charge in [-0.25, -0.2) is 0 Å². The first kappa shape index (κ1) is 14.9. The third-order valence-electron chi connectivity index (χ3n) is 3.11. The normalized spacial score (nSPS) is 11.8. The number of alkyl halides is 3. The zero-order valence-electron chi connectivity index (χ0n) is 11.3. The third-order valence-corrected chi connectivity index (χ3v) is 3.11. The van der Waals surface area contributed by atoms with E-state index in [0.29, 0.717) is 12.1 Å².